The van der Waals surface area contributed by atoms with Gasteiger partial charge in [-0.05, 0) is 26.2 Å². The normalized spacial score (nSPS) is 17.5. The summed E-state index contributed by atoms with van der Waals surface area (Å²) in [7, 11) is 0. The maximum absolute atomic E-state index is 5.74. The highest BCUT2D eigenvalue weighted by atomic mass is 15.1. The molecule has 0 aromatic carbocycles. The monoisotopic (exact) mass is 206 g/mol. The van der Waals surface area contributed by atoms with E-state index in [1.54, 1.807) is 0 Å². The molecule has 1 aliphatic rings. The van der Waals surface area contributed by atoms with Crippen LogP contribution in [0.4, 0.5) is 11.6 Å². The molecular formula is C11H18N4. The molecule has 1 fully saturated rings. The molecule has 0 aliphatic heterocycles. The minimum Gasteiger partial charge on any atom is -0.384 e. The van der Waals surface area contributed by atoms with Crippen LogP contribution in [0.15, 0.2) is 6.07 Å². The van der Waals surface area contributed by atoms with Gasteiger partial charge in [-0.25, -0.2) is 9.97 Å². The van der Waals surface area contributed by atoms with Gasteiger partial charge in [0.25, 0.3) is 0 Å². The average Bonchev–Trinajstić information content (AvgIpc) is 2.82. The average molecular weight is 206 g/mol. The van der Waals surface area contributed by atoms with Crippen molar-refractivity contribution in [3.63, 3.8) is 0 Å². The Morgan fingerprint density at radius 1 is 1.47 bits per heavy atom. The van der Waals surface area contributed by atoms with Gasteiger partial charge in [-0.3, -0.25) is 0 Å². The van der Waals surface area contributed by atoms with Crippen LogP contribution < -0.4 is 11.1 Å². The van der Waals surface area contributed by atoms with E-state index in [0.717, 1.165) is 24.5 Å². The first-order valence-corrected chi connectivity index (χ1v) is 5.53. The highest BCUT2D eigenvalue weighted by molar-refractivity contribution is 5.47. The molecule has 0 radical (unpaired) electrons. The molecule has 0 atom stereocenters. The van der Waals surface area contributed by atoms with Crippen molar-refractivity contribution >= 4 is 11.6 Å². The van der Waals surface area contributed by atoms with Crippen LogP contribution in [0, 0.1) is 0 Å². The zero-order valence-corrected chi connectivity index (χ0v) is 9.38. The van der Waals surface area contributed by atoms with E-state index in [-0.39, 0.29) is 5.54 Å². The van der Waals surface area contributed by atoms with Crippen molar-refractivity contribution in [1.29, 1.82) is 0 Å². The molecule has 0 bridgehead atoms. The van der Waals surface area contributed by atoms with Gasteiger partial charge in [0.1, 0.15) is 17.5 Å². The van der Waals surface area contributed by atoms with Crippen LogP contribution >= 0.6 is 0 Å². The molecule has 82 valence electrons. The second-order valence-electron chi connectivity index (χ2n) is 4.53. The molecule has 0 unspecified atom stereocenters. The molecule has 0 amide bonds. The number of rotatable bonds is 4. The summed E-state index contributed by atoms with van der Waals surface area (Å²) in [6, 6.07) is 1.81. The molecule has 15 heavy (non-hydrogen) atoms. The third-order valence-electron chi connectivity index (χ3n) is 2.70. The van der Waals surface area contributed by atoms with Crippen LogP contribution in [0.5, 0.6) is 0 Å². The minimum absolute atomic E-state index is 0.240. The molecule has 1 aromatic rings. The number of anilines is 2. The summed E-state index contributed by atoms with van der Waals surface area (Å²) in [6.07, 6.45) is 4.34. The van der Waals surface area contributed by atoms with Crippen molar-refractivity contribution in [2.24, 2.45) is 0 Å². The number of nitrogens with two attached hydrogens (primary N) is 1. The molecule has 1 saturated carbocycles. The number of hydrogen-bond acceptors (Lipinski definition) is 4. The van der Waals surface area contributed by atoms with Gasteiger partial charge >= 0.3 is 0 Å². The maximum Gasteiger partial charge on any atom is 0.133 e. The number of aromatic nitrogens is 2. The highest BCUT2D eigenvalue weighted by Crippen LogP contribution is 2.37. The third kappa shape index (κ3) is 2.58. The van der Waals surface area contributed by atoms with E-state index in [1.165, 1.54) is 12.8 Å². The fraction of sp³-hybridized carbons (Fsp3) is 0.636. The van der Waals surface area contributed by atoms with Gasteiger partial charge in [0.2, 0.25) is 0 Å². The van der Waals surface area contributed by atoms with Gasteiger partial charge in [-0.15, -0.1) is 0 Å². The zero-order chi connectivity index (χ0) is 10.9. The van der Waals surface area contributed by atoms with E-state index in [1.807, 2.05) is 6.07 Å². The molecular weight excluding hydrogens is 188 g/mol. The Bertz CT molecular complexity index is 358. The van der Waals surface area contributed by atoms with Gasteiger partial charge in [-0.2, -0.15) is 0 Å². The lowest BCUT2D eigenvalue weighted by atomic mass is 10.3. The summed E-state index contributed by atoms with van der Waals surface area (Å²) in [5.74, 6) is 2.26. The second kappa shape index (κ2) is 3.68. The largest absolute Gasteiger partial charge is 0.384 e. The van der Waals surface area contributed by atoms with Crippen molar-refractivity contribution in [3.05, 3.63) is 11.9 Å². The standard InChI is InChI=1S/C11H18N4/c1-3-4-9-13-8(12)7-10(14-9)15-11(2)5-6-11/h7H,3-6H2,1-2H3,(H3,12,13,14,15). The van der Waals surface area contributed by atoms with E-state index in [0.29, 0.717) is 5.82 Å². The van der Waals surface area contributed by atoms with E-state index < -0.39 is 0 Å². The molecule has 1 aromatic heterocycles. The van der Waals surface area contributed by atoms with Crippen LogP contribution in [-0.2, 0) is 6.42 Å². The van der Waals surface area contributed by atoms with E-state index in [9.17, 15) is 0 Å². The fourth-order valence-electron chi connectivity index (χ4n) is 1.54. The number of nitrogens with zero attached hydrogens (tertiary/aromatic N) is 2. The van der Waals surface area contributed by atoms with Crippen LogP contribution in [0.25, 0.3) is 0 Å². The summed E-state index contributed by atoms with van der Waals surface area (Å²) in [5.41, 5.74) is 5.98. The third-order valence-corrected chi connectivity index (χ3v) is 2.70. The summed E-state index contributed by atoms with van der Waals surface area (Å²) >= 11 is 0. The predicted octanol–water partition coefficient (Wildman–Crippen LogP) is 1.98. The summed E-state index contributed by atoms with van der Waals surface area (Å²) in [5, 5.41) is 3.40. The Labute approximate surface area is 90.3 Å². The van der Waals surface area contributed by atoms with E-state index in [2.05, 4.69) is 29.1 Å². The zero-order valence-electron chi connectivity index (χ0n) is 9.38. The first-order valence-electron chi connectivity index (χ1n) is 5.53. The Kier molecular flexibility index (Phi) is 2.50. The topological polar surface area (TPSA) is 63.8 Å². The molecule has 3 N–H and O–H groups in total. The van der Waals surface area contributed by atoms with Gasteiger partial charge in [0.15, 0.2) is 0 Å². The molecule has 1 aliphatic carbocycles. The van der Waals surface area contributed by atoms with Crippen molar-refractivity contribution in [1.82, 2.24) is 9.97 Å². The highest BCUT2D eigenvalue weighted by Gasteiger charge is 2.37. The van der Waals surface area contributed by atoms with Gasteiger partial charge in [0.05, 0.1) is 0 Å². The second-order valence-corrected chi connectivity index (χ2v) is 4.53. The number of nitrogens with one attached hydrogen (secondary N) is 1. The van der Waals surface area contributed by atoms with Crippen molar-refractivity contribution < 1.29 is 0 Å². The maximum atomic E-state index is 5.74. The fourth-order valence-corrected chi connectivity index (χ4v) is 1.54. The summed E-state index contributed by atoms with van der Waals surface area (Å²) < 4.78 is 0. The minimum atomic E-state index is 0.240. The van der Waals surface area contributed by atoms with Crippen LogP contribution in [-0.4, -0.2) is 15.5 Å². The van der Waals surface area contributed by atoms with Gasteiger partial charge in [0, 0.05) is 18.0 Å². The molecule has 4 heteroatoms. The molecule has 2 rings (SSSR count). The molecule has 0 saturated heterocycles. The quantitative estimate of drug-likeness (QED) is 0.790. The lowest BCUT2D eigenvalue weighted by Gasteiger charge is -2.13. The Hall–Kier alpha value is -1.32. The lowest BCUT2D eigenvalue weighted by Crippen LogP contribution is -2.18. The lowest BCUT2D eigenvalue weighted by molar-refractivity contribution is 0.799. The number of aryl methyl sites for hydroxylation is 1. The predicted molar refractivity (Wildman–Crippen MR) is 61.7 cm³/mol. The Morgan fingerprint density at radius 3 is 2.80 bits per heavy atom. The van der Waals surface area contributed by atoms with Crippen molar-refractivity contribution in [3.8, 4) is 0 Å². The van der Waals surface area contributed by atoms with E-state index in [4.69, 9.17) is 5.73 Å². The summed E-state index contributed by atoms with van der Waals surface area (Å²) in [6.45, 7) is 4.31. The first-order chi connectivity index (χ1) is 7.11. The summed E-state index contributed by atoms with van der Waals surface area (Å²) in [4.78, 5) is 8.65. The van der Waals surface area contributed by atoms with Crippen molar-refractivity contribution in [2.75, 3.05) is 11.1 Å². The number of nitrogen functional groups attached to an aromatic ring is 1. The van der Waals surface area contributed by atoms with Crippen molar-refractivity contribution in [2.45, 2.75) is 45.1 Å². The number of hydrogen-bond donors (Lipinski definition) is 2. The van der Waals surface area contributed by atoms with Crippen LogP contribution in [0.2, 0.25) is 0 Å². The molecule has 0 spiro atoms. The molecule has 1 heterocycles. The molecule has 4 nitrogen and oxygen atoms in total. The first kappa shape index (κ1) is 10.2. The van der Waals surface area contributed by atoms with Gasteiger partial charge in [-0.1, -0.05) is 6.92 Å². The Balaban J connectivity index is 2.15. The van der Waals surface area contributed by atoms with Gasteiger partial charge < -0.3 is 11.1 Å². The van der Waals surface area contributed by atoms with Crippen LogP contribution in [0.3, 0.4) is 0 Å². The Morgan fingerprint density at radius 2 is 2.20 bits per heavy atom. The van der Waals surface area contributed by atoms with E-state index >= 15 is 0 Å². The smallest absolute Gasteiger partial charge is 0.133 e. The van der Waals surface area contributed by atoms with Crippen LogP contribution in [0.1, 0.15) is 38.9 Å². The SMILES string of the molecule is CCCc1nc(N)cc(NC2(C)CC2)n1.